The monoisotopic (exact) mass is 327 g/mol. The van der Waals surface area contributed by atoms with E-state index in [1.54, 1.807) is 23.5 Å². The fourth-order valence-electron chi connectivity index (χ4n) is 2.31. The molecule has 118 valence electrons. The van der Waals surface area contributed by atoms with Crippen LogP contribution in [0, 0.1) is 6.92 Å². The number of carbonyl (C=O) groups is 1. The molecule has 0 unspecified atom stereocenters. The number of thiophene rings is 1. The van der Waals surface area contributed by atoms with Gasteiger partial charge in [0.1, 0.15) is 0 Å². The van der Waals surface area contributed by atoms with E-state index in [9.17, 15) is 4.79 Å². The topological polar surface area (TPSA) is 83.6 Å². The molecule has 2 N–H and O–H groups in total. The second-order valence-electron chi connectivity index (χ2n) is 5.40. The SMILES string of the molecule is Cc1ccc(C[C@@H](C)NC(=O)c2ccc(-c3nn[nH]n3)cc2)s1. The van der Waals surface area contributed by atoms with Crippen molar-refractivity contribution < 1.29 is 4.79 Å². The molecule has 0 fully saturated rings. The predicted molar refractivity (Wildman–Crippen MR) is 89.3 cm³/mol. The number of rotatable bonds is 5. The maximum Gasteiger partial charge on any atom is 0.251 e. The third kappa shape index (κ3) is 3.81. The first-order valence-corrected chi connectivity index (χ1v) is 8.13. The van der Waals surface area contributed by atoms with Crippen molar-refractivity contribution in [3.63, 3.8) is 0 Å². The Morgan fingerprint density at radius 3 is 2.65 bits per heavy atom. The summed E-state index contributed by atoms with van der Waals surface area (Å²) in [4.78, 5) is 14.9. The van der Waals surface area contributed by atoms with E-state index in [2.05, 4.69) is 45.0 Å². The number of H-pyrrole nitrogens is 1. The number of hydrogen-bond donors (Lipinski definition) is 2. The van der Waals surface area contributed by atoms with E-state index in [1.165, 1.54) is 9.75 Å². The van der Waals surface area contributed by atoms with Crippen molar-refractivity contribution in [2.45, 2.75) is 26.3 Å². The molecular formula is C16H17N5OS. The van der Waals surface area contributed by atoms with Gasteiger partial charge in [0.2, 0.25) is 5.82 Å². The molecule has 0 radical (unpaired) electrons. The molecular weight excluding hydrogens is 310 g/mol. The molecule has 1 atom stereocenters. The van der Waals surface area contributed by atoms with Gasteiger partial charge in [-0.15, -0.1) is 21.5 Å². The van der Waals surface area contributed by atoms with E-state index in [0.29, 0.717) is 11.4 Å². The van der Waals surface area contributed by atoms with Gasteiger partial charge in [0, 0.05) is 33.3 Å². The van der Waals surface area contributed by atoms with E-state index in [4.69, 9.17) is 0 Å². The molecule has 1 aromatic carbocycles. The number of amides is 1. The minimum Gasteiger partial charge on any atom is -0.349 e. The number of hydrogen-bond acceptors (Lipinski definition) is 5. The van der Waals surface area contributed by atoms with Crippen molar-refractivity contribution in [2.75, 3.05) is 0 Å². The highest BCUT2D eigenvalue weighted by atomic mass is 32.1. The van der Waals surface area contributed by atoms with Gasteiger partial charge in [-0.05, 0) is 43.3 Å². The lowest BCUT2D eigenvalue weighted by molar-refractivity contribution is 0.0940. The zero-order chi connectivity index (χ0) is 16.2. The maximum atomic E-state index is 12.3. The molecule has 2 aromatic heterocycles. The van der Waals surface area contributed by atoms with Crippen LogP contribution < -0.4 is 5.32 Å². The van der Waals surface area contributed by atoms with Crippen LogP contribution in [0.1, 0.15) is 27.0 Å². The standard InChI is InChI=1S/C16H17N5OS/c1-10(9-14-8-3-11(2)23-14)17-16(22)13-6-4-12(5-7-13)15-18-20-21-19-15/h3-8,10H,9H2,1-2H3,(H,17,22)(H,18,19,20,21)/t10-/m1/s1. The van der Waals surface area contributed by atoms with Crippen molar-refractivity contribution in [3.05, 3.63) is 51.7 Å². The summed E-state index contributed by atoms with van der Waals surface area (Å²) in [5.41, 5.74) is 1.43. The first kappa shape index (κ1) is 15.4. The van der Waals surface area contributed by atoms with Gasteiger partial charge in [-0.2, -0.15) is 5.21 Å². The Kier molecular flexibility index (Phi) is 4.47. The van der Waals surface area contributed by atoms with Crippen molar-refractivity contribution in [1.82, 2.24) is 25.9 Å². The van der Waals surface area contributed by atoms with Crippen molar-refractivity contribution in [2.24, 2.45) is 0 Å². The minimum absolute atomic E-state index is 0.0783. The number of nitrogens with zero attached hydrogens (tertiary/aromatic N) is 3. The lowest BCUT2D eigenvalue weighted by Crippen LogP contribution is -2.33. The van der Waals surface area contributed by atoms with Crippen molar-refractivity contribution in [1.29, 1.82) is 0 Å². The molecule has 0 saturated heterocycles. The average Bonchev–Trinajstić information content (AvgIpc) is 3.19. The molecule has 0 aliphatic rings. The summed E-state index contributed by atoms with van der Waals surface area (Å²) >= 11 is 1.77. The number of aromatic nitrogens is 4. The smallest absolute Gasteiger partial charge is 0.251 e. The van der Waals surface area contributed by atoms with Gasteiger partial charge in [0.15, 0.2) is 0 Å². The molecule has 0 aliphatic heterocycles. The highest BCUT2D eigenvalue weighted by molar-refractivity contribution is 7.11. The lowest BCUT2D eigenvalue weighted by atomic mass is 10.1. The molecule has 2 heterocycles. The van der Waals surface area contributed by atoms with Gasteiger partial charge in [-0.1, -0.05) is 12.1 Å². The summed E-state index contributed by atoms with van der Waals surface area (Å²) in [5.74, 6) is 0.434. The quantitative estimate of drug-likeness (QED) is 0.754. The van der Waals surface area contributed by atoms with Crippen LogP contribution in [0.3, 0.4) is 0 Å². The summed E-state index contributed by atoms with van der Waals surface area (Å²) in [6.07, 6.45) is 0.838. The van der Waals surface area contributed by atoms with E-state index in [-0.39, 0.29) is 11.9 Å². The number of carbonyl (C=O) groups excluding carboxylic acids is 1. The van der Waals surface area contributed by atoms with Gasteiger partial charge >= 0.3 is 0 Å². The van der Waals surface area contributed by atoms with Crippen LogP contribution in [0.25, 0.3) is 11.4 Å². The van der Waals surface area contributed by atoms with Crippen LogP contribution in [-0.2, 0) is 6.42 Å². The molecule has 0 aliphatic carbocycles. The fraction of sp³-hybridized carbons (Fsp3) is 0.250. The molecule has 3 aromatic rings. The number of tetrazole rings is 1. The molecule has 6 nitrogen and oxygen atoms in total. The summed E-state index contributed by atoms with van der Waals surface area (Å²) in [6.45, 7) is 4.10. The van der Waals surface area contributed by atoms with Gasteiger partial charge in [-0.25, -0.2) is 0 Å². The fourth-order valence-corrected chi connectivity index (χ4v) is 3.33. The first-order valence-electron chi connectivity index (χ1n) is 7.32. The largest absolute Gasteiger partial charge is 0.349 e. The second kappa shape index (κ2) is 6.70. The lowest BCUT2D eigenvalue weighted by Gasteiger charge is -2.13. The van der Waals surface area contributed by atoms with Gasteiger partial charge < -0.3 is 5.32 Å². The zero-order valence-corrected chi connectivity index (χ0v) is 13.7. The molecule has 0 saturated carbocycles. The molecule has 1 amide bonds. The van der Waals surface area contributed by atoms with Crippen LogP contribution in [-0.4, -0.2) is 32.6 Å². The predicted octanol–water partition coefficient (Wildman–Crippen LogP) is 2.60. The normalized spacial score (nSPS) is 12.1. The Labute approximate surface area is 137 Å². The third-order valence-corrected chi connectivity index (χ3v) is 4.45. The Bertz CT molecular complexity index is 779. The van der Waals surface area contributed by atoms with Crippen LogP contribution in [0.15, 0.2) is 36.4 Å². The van der Waals surface area contributed by atoms with Crippen LogP contribution >= 0.6 is 11.3 Å². The maximum absolute atomic E-state index is 12.3. The summed E-state index contributed by atoms with van der Waals surface area (Å²) < 4.78 is 0. The van der Waals surface area contributed by atoms with Crippen LogP contribution in [0.4, 0.5) is 0 Å². The van der Waals surface area contributed by atoms with Crippen molar-refractivity contribution >= 4 is 17.2 Å². The Morgan fingerprint density at radius 2 is 2.04 bits per heavy atom. The summed E-state index contributed by atoms with van der Waals surface area (Å²) in [7, 11) is 0. The Hall–Kier alpha value is -2.54. The van der Waals surface area contributed by atoms with Gasteiger partial charge in [0.25, 0.3) is 5.91 Å². The Balaban J connectivity index is 1.61. The third-order valence-electron chi connectivity index (χ3n) is 3.43. The van der Waals surface area contributed by atoms with Crippen LogP contribution in [0.2, 0.25) is 0 Å². The Morgan fingerprint density at radius 1 is 1.26 bits per heavy atom. The van der Waals surface area contributed by atoms with Crippen molar-refractivity contribution in [3.8, 4) is 11.4 Å². The van der Waals surface area contributed by atoms with E-state index < -0.39 is 0 Å². The van der Waals surface area contributed by atoms with Gasteiger partial charge in [0.05, 0.1) is 0 Å². The zero-order valence-electron chi connectivity index (χ0n) is 12.9. The number of aromatic amines is 1. The molecule has 23 heavy (non-hydrogen) atoms. The molecule has 3 rings (SSSR count). The average molecular weight is 327 g/mol. The van der Waals surface area contributed by atoms with E-state index in [0.717, 1.165) is 12.0 Å². The van der Waals surface area contributed by atoms with Gasteiger partial charge in [-0.3, -0.25) is 4.79 Å². The second-order valence-corrected chi connectivity index (χ2v) is 6.78. The first-order chi connectivity index (χ1) is 11.1. The molecule has 0 bridgehead atoms. The minimum atomic E-state index is -0.0783. The number of nitrogens with one attached hydrogen (secondary N) is 2. The van der Waals surface area contributed by atoms with Crippen LogP contribution in [0.5, 0.6) is 0 Å². The summed E-state index contributed by atoms with van der Waals surface area (Å²) in [5, 5.41) is 16.8. The number of aryl methyl sites for hydroxylation is 1. The highest BCUT2D eigenvalue weighted by Crippen LogP contribution is 2.17. The summed E-state index contributed by atoms with van der Waals surface area (Å²) in [6, 6.07) is 11.5. The molecule has 7 heteroatoms. The molecule has 0 spiro atoms. The van der Waals surface area contributed by atoms with E-state index >= 15 is 0 Å². The van der Waals surface area contributed by atoms with E-state index in [1.807, 2.05) is 19.1 Å². The number of benzene rings is 1. The highest BCUT2D eigenvalue weighted by Gasteiger charge is 2.12.